The molecular weight excluding hydrogens is 238 g/mol. The van der Waals surface area contributed by atoms with Crippen molar-refractivity contribution in [3.63, 3.8) is 0 Å². The van der Waals surface area contributed by atoms with Gasteiger partial charge in [0.15, 0.2) is 0 Å². The number of piperazine rings is 1. The molecular formula is C15H25N3O. The lowest BCUT2D eigenvalue weighted by Crippen LogP contribution is -2.44. The Bertz CT molecular complexity index is 400. The number of hydrogen-bond acceptors (Lipinski definition) is 4. The fraction of sp³-hybridized carbons (Fsp3) is 0.600. The third-order valence-corrected chi connectivity index (χ3v) is 3.67. The van der Waals surface area contributed by atoms with Gasteiger partial charge in [0.1, 0.15) is 5.75 Å². The van der Waals surface area contributed by atoms with Crippen LogP contribution in [-0.4, -0.2) is 56.2 Å². The minimum absolute atomic E-state index is 0.775. The number of ether oxygens (including phenoxy) is 1. The molecule has 2 N–H and O–H groups in total. The Morgan fingerprint density at radius 3 is 2.63 bits per heavy atom. The molecule has 4 nitrogen and oxygen atoms in total. The fourth-order valence-electron chi connectivity index (χ4n) is 2.38. The molecule has 0 amide bonds. The van der Waals surface area contributed by atoms with E-state index in [2.05, 4.69) is 16.8 Å². The molecule has 1 heterocycles. The zero-order valence-corrected chi connectivity index (χ0v) is 12.1. The minimum atomic E-state index is 0.775. The average molecular weight is 263 g/mol. The Labute approximate surface area is 116 Å². The highest BCUT2D eigenvalue weighted by molar-refractivity contribution is 5.47. The Balaban J connectivity index is 1.66. The molecule has 0 unspecified atom stereocenters. The molecule has 1 aliphatic rings. The molecule has 0 bridgehead atoms. The molecule has 1 aromatic rings. The van der Waals surface area contributed by atoms with E-state index < -0.39 is 0 Å². The van der Waals surface area contributed by atoms with Crippen molar-refractivity contribution in [2.24, 2.45) is 0 Å². The Morgan fingerprint density at radius 1 is 1.21 bits per heavy atom. The molecule has 0 spiro atoms. The molecule has 1 aromatic carbocycles. The summed E-state index contributed by atoms with van der Waals surface area (Å²) in [5.74, 6) is 0.951. The molecule has 0 radical (unpaired) electrons. The quantitative estimate of drug-likeness (QED) is 0.647. The number of aryl methyl sites for hydroxylation is 1. The van der Waals surface area contributed by atoms with Crippen molar-refractivity contribution < 1.29 is 4.74 Å². The first-order valence-corrected chi connectivity index (χ1v) is 7.05. The van der Waals surface area contributed by atoms with Gasteiger partial charge in [-0.3, -0.25) is 0 Å². The van der Waals surface area contributed by atoms with Crippen molar-refractivity contribution in [3.8, 4) is 5.75 Å². The van der Waals surface area contributed by atoms with Gasteiger partial charge in [0, 0.05) is 38.4 Å². The van der Waals surface area contributed by atoms with Crippen LogP contribution in [0.15, 0.2) is 18.2 Å². The molecule has 2 rings (SSSR count). The van der Waals surface area contributed by atoms with Gasteiger partial charge in [-0.25, -0.2) is 0 Å². The number of rotatable bonds is 5. The largest absolute Gasteiger partial charge is 0.493 e. The van der Waals surface area contributed by atoms with Crippen LogP contribution in [0, 0.1) is 6.92 Å². The summed E-state index contributed by atoms with van der Waals surface area (Å²) in [5, 5.41) is 0. The van der Waals surface area contributed by atoms with Crippen LogP contribution in [0.3, 0.4) is 0 Å². The summed E-state index contributed by atoms with van der Waals surface area (Å²) in [7, 11) is 2.18. The Morgan fingerprint density at radius 2 is 1.95 bits per heavy atom. The van der Waals surface area contributed by atoms with Crippen LogP contribution < -0.4 is 10.5 Å². The normalized spacial score (nSPS) is 17.6. The highest BCUT2D eigenvalue weighted by Gasteiger charge is 2.12. The van der Waals surface area contributed by atoms with E-state index in [9.17, 15) is 0 Å². The van der Waals surface area contributed by atoms with Crippen molar-refractivity contribution in [1.29, 1.82) is 0 Å². The predicted molar refractivity (Wildman–Crippen MR) is 79.6 cm³/mol. The number of anilines is 1. The minimum Gasteiger partial charge on any atom is -0.493 e. The molecule has 106 valence electrons. The van der Waals surface area contributed by atoms with Crippen molar-refractivity contribution in [3.05, 3.63) is 23.8 Å². The summed E-state index contributed by atoms with van der Waals surface area (Å²) >= 11 is 0. The maximum atomic E-state index is 5.81. The van der Waals surface area contributed by atoms with Gasteiger partial charge in [-0.05, 0) is 44.2 Å². The van der Waals surface area contributed by atoms with Crippen LogP contribution in [0.4, 0.5) is 5.69 Å². The number of nitrogen functional groups attached to an aromatic ring is 1. The molecule has 1 saturated heterocycles. The predicted octanol–water partition coefficient (Wildman–Crippen LogP) is 1.59. The highest BCUT2D eigenvalue weighted by Crippen LogP contribution is 2.20. The standard InChI is InChI=1S/C15H25N3O/c1-13-12-14(16)4-5-15(13)19-11-3-6-18-9-7-17(2)8-10-18/h4-5,12H,3,6-11,16H2,1-2H3. The first-order valence-electron chi connectivity index (χ1n) is 7.05. The Kier molecular flexibility index (Phi) is 5.05. The van der Waals surface area contributed by atoms with Gasteiger partial charge in [-0.1, -0.05) is 0 Å². The van der Waals surface area contributed by atoms with Gasteiger partial charge in [0.25, 0.3) is 0 Å². The Hall–Kier alpha value is -1.26. The molecule has 0 atom stereocenters. The van der Waals surface area contributed by atoms with Crippen LogP contribution in [0.5, 0.6) is 5.75 Å². The summed E-state index contributed by atoms with van der Waals surface area (Å²) in [6.45, 7) is 8.65. The monoisotopic (exact) mass is 263 g/mol. The van der Waals surface area contributed by atoms with Crippen molar-refractivity contribution in [1.82, 2.24) is 9.80 Å². The number of benzene rings is 1. The lowest BCUT2D eigenvalue weighted by molar-refractivity contribution is 0.145. The van der Waals surface area contributed by atoms with Crippen LogP contribution in [0.1, 0.15) is 12.0 Å². The molecule has 4 heteroatoms. The maximum absolute atomic E-state index is 5.81. The topological polar surface area (TPSA) is 41.7 Å². The third-order valence-electron chi connectivity index (χ3n) is 3.67. The molecule has 1 fully saturated rings. The summed E-state index contributed by atoms with van der Waals surface area (Å²) in [4.78, 5) is 4.89. The molecule has 0 aliphatic carbocycles. The van der Waals surface area contributed by atoms with E-state index in [0.29, 0.717) is 0 Å². The van der Waals surface area contributed by atoms with E-state index in [0.717, 1.165) is 36.6 Å². The van der Waals surface area contributed by atoms with Crippen LogP contribution in [0.2, 0.25) is 0 Å². The van der Waals surface area contributed by atoms with Gasteiger partial charge in [0.05, 0.1) is 6.61 Å². The van der Waals surface area contributed by atoms with Crippen LogP contribution in [0.25, 0.3) is 0 Å². The molecule has 0 aromatic heterocycles. The zero-order chi connectivity index (χ0) is 13.7. The van der Waals surface area contributed by atoms with Gasteiger partial charge in [-0.15, -0.1) is 0 Å². The number of hydrogen-bond donors (Lipinski definition) is 1. The number of nitrogens with zero attached hydrogens (tertiary/aromatic N) is 2. The van der Waals surface area contributed by atoms with Gasteiger partial charge in [-0.2, -0.15) is 0 Å². The van der Waals surface area contributed by atoms with E-state index in [-0.39, 0.29) is 0 Å². The summed E-state index contributed by atoms with van der Waals surface area (Å²) < 4.78 is 5.81. The van der Waals surface area contributed by atoms with E-state index in [4.69, 9.17) is 10.5 Å². The summed E-state index contributed by atoms with van der Waals surface area (Å²) in [6, 6.07) is 5.80. The van der Waals surface area contributed by atoms with Gasteiger partial charge < -0.3 is 20.3 Å². The smallest absolute Gasteiger partial charge is 0.122 e. The fourth-order valence-corrected chi connectivity index (χ4v) is 2.38. The molecule has 0 saturated carbocycles. The van der Waals surface area contributed by atoms with E-state index in [1.807, 2.05) is 25.1 Å². The van der Waals surface area contributed by atoms with Crippen molar-refractivity contribution in [2.75, 3.05) is 52.1 Å². The van der Waals surface area contributed by atoms with E-state index in [1.165, 1.54) is 26.2 Å². The van der Waals surface area contributed by atoms with Crippen molar-refractivity contribution >= 4 is 5.69 Å². The summed E-state index contributed by atoms with van der Waals surface area (Å²) in [6.07, 6.45) is 1.08. The third kappa shape index (κ3) is 4.40. The second kappa shape index (κ2) is 6.78. The van der Waals surface area contributed by atoms with Crippen molar-refractivity contribution in [2.45, 2.75) is 13.3 Å². The zero-order valence-electron chi connectivity index (χ0n) is 12.1. The first-order chi connectivity index (χ1) is 9.15. The maximum Gasteiger partial charge on any atom is 0.122 e. The SMILES string of the molecule is Cc1cc(N)ccc1OCCCN1CCN(C)CC1. The van der Waals surface area contributed by atoms with E-state index >= 15 is 0 Å². The van der Waals surface area contributed by atoms with E-state index in [1.54, 1.807) is 0 Å². The second-order valence-electron chi connectivity index (χ2n) is 5.37. The van der Waals surface area contributed by atoms with Crippen LogP contribution >= 0.6 is 0 Å². The number of likely N-dealkylation sites (N-methyl/N-ethyl adjacent to an activating group) is 1. The van der Waals surface area contributed by atoms with Gasteiger partial charge >= 0.3 is 0 Å². The lowest BCUT2D eigenvalue weighted by Gasteiger charge is -2.32. The average Bonchev–Trinajstić information content (AvgIpc) is 2.39. The molecule has 19 heavy (non-hydrogen) atoms. The van der Waals surface area contributed by atoms with Gasteiger partial charge in [0.2, 0.25) is 0 Å². The highest BCUT2D eigenvalue weighted by atomic mass is 16.5. The second-order valence-corrected chi connectivity index (χ2v) is 5.37. The summed E-state index contributed by atoms with van der Waals surface area (Å²) in [5.41, 5.74) is 7.63. The molecule has 1 aliphatic heterocycles. The van der Waals surface area contributed by atoms with Crippen LogP contribution in [-0.2, 0) is 0 Å². The lowest BCUT2D eigenvalue weighted by atomic mass is 10.2. The number of nitrogens with two attached hydrogens (primary N) is 1. The first kappa shape index (κ1) is 14.2.